The zero-order valence-corrected chi connectivity index (χ0v) is 20.2. The number of fused-ring (bicyclic) bond motifs is 1. The first-order valence-corrected chi connectivity index (χ1v) is 11.8. The van der Waals surface area contributed by atoms with Gasteiger partial charge in [0.25, 0.3) is 0 Å². The zero-order valence-electron chi connectivity index (χ0n) is 17.7. The summed E-state index contributed by atoms with van der Waals surface area (Å²) >= 11 is 1.85. The third-order valence-electron chi connectivity index (χ3n) is 6.29. The van der Waals surface area contributed by atoms with E-state index >= 15 is 0 Å². The normalized spacial score (nSPS) is 15.9. The molecule has 1 aromatic heterocycles. The summed E-state index contributed by atoms with van der Waals surface area (Å²) in [7, 11) is 0. The Morgan fingerprint density at radius 3 is 2.45 bits per heavy atom. The SMILES string of the molecule is Br.CCCCN=c1scc(C2(c3ccc4ccccc4c3)CCC2)n1CCCC. The van der Waals surface area contributed by atoms with Gasteiger partial charge in [-0.25, -0.2) is 0 Å². The van der Waals surface area contributed by atoms with Gasteiger partial charge in [-0.15, -0.1) is 28.3 Å². The van der Waals surface area contributed by atoms with Crippen LogP contribution in [0.15, 0.2) is 52.8 Å². The number of nitrogens with zero attached hydrogens (tertiary/aromatic N) is 2. The van der Waals surface area contributed by atoms with Gasteiger partial charge in [-0.05, 0) is 42.0 Å². The molecule has 1 aliphatic rings. The molecule has 0 aliphatic heterocycles. The summed E-state index contributed by atoms with van der Waals surface area (Å²) in [5.41, 5.74) is 3.16. The minimum Gasteiger partial charge on any atom is -0.320 e. The van der Waals surface area contributed by atoms with E-state index in [9.17, 15) is 0 Å². The van der Waals surface area contributed by atoms with E-state index in [1.807, 2.05) is 11.3 Å². The Hall–Kier alpha value is -1.39. The molecule has 4 rings (SSSR count). The molecule has 2 aromatic carbocycles. The molecule has 156 valence electrons. The van der Waals surface area contributed by atoms with Gasteiger partial charge < -0.3 is 4.57 Å². The first-order chi connectivity index (χ1) is 13.8. The molecule has 0 spiro atoms. The zero-order chi connectivity index (χ0) is 19.4. The lowest BCUT2D eigenvalue weighted by atomic mass is 9.62. The van der Waals surface area contributed by atoms with Gasteiger partial charge >= 0.3 is 0 Å². The standard InChI is InChI=1S/C25H32N2S.BrH/c1-3-5-16-26-24-27(17-6-4-2)23(19-28-24)25(14-9-15-25)22-13-12-20-10-7-8-11-21(20)18-22;/h7-8,10-13,18-19H,3-6,9,14-17H2,1-2H3;1H. The average Bonchev–Trinajstić information content (AvgIpc) is 3.08. The largest absolute Gasteiger partial charge is 0.320 e. The lowest BCUT2D eigenvalue weighted by molar-refractivity contribution is 0.282. The van der Waals surface area contributed by atoms with E-state index in [4.69, 9.17) is 4.99 Å². The van der Waals surface area contributed by atoms with E-state index in [1.54, 1.807) is 0 Å². The fourth-order valence-electron chi connectivity index (χ4n) is 4.41. The highest BCUT2D eigenvalue weighted by Crippen LogP contribution is 2.49. The Morgan fingerprint density at radius 2 is 1.76 bits per heavy atom. The van der Waals surface area contributed by atoms with Crippen LogP contribution in [0.1, 0.15) is 70.1 Å². The molecule has 4 heteroatoms. The molecule has 0 saturated heterocycles. The number of halogens is 1. The van der Waals surface area contributed by atoms with Crippen LogP contribution in [0.3, 0.4) is 0 Å². The minimum absolute atomic E-state index is 0. The van der Waals surface area contributed by atoms with E-state index in [0.717, 1.165) is 13.1 Å². The summed E-state index contributed by atoms with van der Waals surface area (Å²) in [6, 6.07) is 15.8. The molecule has 3 aromatic rings. The molecule has 1 fully saturated rings. The van der Waals surface area contributed by atoms with Crippen molar-refractivity contribution in [2.24, 2.45) is 4.99 Å². The number of hydrogen-bond acceptors (Lipinski definition) is 2. The van der Waals surface area contributed by atoms with Crippen molar-refractivity contribution in [3.8, 4) is 0 Å². The van der Waals surface area contributed by atoms with Crippen LogP contribution in [-0.2, 0) is 12.0 Å². The molecule has 0 amide bonds. The summed E-state index contributed by atoms with van der Waals surface area (Å²) in [6.45, 7) is 6.56. The molecule has 0 bridgehead atoms. The van der Waals surface area contributed by atoms with E-state index < -0.39 is 0 Å². The van der Waals surface area contributed by atoms with E-state index in [0.29, 0.717) is 0 Å². The Kier molecular flexibility index (Phi) is 7.75. The van der Waals surface area contributed by atoms with Gasteiger partial charge in [-0.2, -0.15) is 0 Å². The van der Waals surface area contributed by atoms with E-state index in [1.165, 1.54) is 71.8 Å². The van der Waals surface area contributed by atoms with Crippen molar-refractivity contribution in [2.45, 2.75) is 70.8 Å². The van der Waals surface area contributed by atoms with Crippen LogP contribution in [0.5, 0.6) is 0 Å². The summed E-state index contributed by atoms with van der Waals surface area (Å²) in [6.07, 6.45) is 8.65. The smallest absolute Gasteiger partial charge is 0.184 e. The molecule has 0 N–H and O–H groups in total. The van der Waals surface area contributed by atoms with Crippen LogP contribution in [0.2, 0.25) is 0 Å². The lowest BCUT2D eigenvalue weighted by Gasteiger charge is -2.43. The van der Waals surface area contributed by atoms with Gasteiger partial charge in [-0.1, -0.05) is 75.6 Å². The molecule has 0 radical (unpaired) electrons. The van der Waals surface area contributed by atoms with Crippen LogP contribution >= 0.6 is 28.3 Å². The van der Waals surface area contributed by atoms with Gasteiger partial charge in [0.1, 0.15) is 0 Å². The number of thiazole rings is 1. The van der Waals surface area contributed by atoms with E-state index in [2.05, 4.69) is 66.3 Å². The first kappa shape index (κ1) is 22.3. The van der Waals surface area contributed by atoms with Gasteiger partial charge in [0, 0.05) is 29.6 Å². The predicted octanol–water partition coefficient (Wildman–Crippen LogP) is 7.25. The van der Waals surface area contributed by atoms with Crippen LogP contribution in [-0.4, -0.2) is 11.1 Å². The molecule has 1 saturated carbocycles. The van der Waals surface area contributed by atoms with Crippen LogP contribution in [0.25, 0.3) is 10.8 Å². The predicted molar refractivity (Wildman–Crippen MR) is 131 cm³/mol. The summed E-state index contributed by atoms with van der Waals surface area (Å²) in [4.78, 5) is 6.19. The van der Waals surface area contributed by atoms with Gasteiger partial charge in [0.15, 0.2) is 4.80 Å². The Labute approximate surface area is 189 Å². The van der Waals surface area contributed by atoms with Crippen molar-refractivity contribution >= 4 is 39.1 Å². The Balaban J connectivity index is 0.00000240. The summed E-state index contributed by atoms with van der Waals surface area (Å²) < 4.78 is 2.55. The maximum absolute atomic E-state index is 4.97. The maximum Gasteiger partial charge on any atom is 0.184 e. The van der Waals surface area contributed by atoms with E-state index in [-0.39, 0.29) is 22.4 Å². The third-order valence-corrected chi connectivity index (χ3v) is 7.19. The molecule has 29 heavy (non-hydrogen) atoms. The second-order valence-corrected chi connectivity index (χ2v) is 8.98. The van der Waals surface area contributed by atoms with Crippen molar-refractivity contribution in [3.63, 3.8) is 0 Å². The Morgan fingerprint density at radius 1 is 1.00 bits per heavy atom. The number of benzene rings is 2. The highest BCUT2D eigenvalue weighted by atomic mass is 79.9. The second-order valence-electron chi connectivity index (χ2n) is 8.14. The van der Waals surface area contributed by atoms with Gasteiger partial charge in [-0.3, -0.25) is 4.99 Å². The highest BCUT2D eigenvalue weighted by Gasteiger charge is 2.42. The van der Waals surface area contributed by atoms with Gasteiger partial charge in [0.05, 0.1) is 0 Å². The van der Waals surface area contributed by atoms with Crippen molar-refractivity contribution in [2.75, 3.05) is 6.54 Å². The topological polar surface area (TPSA) is 17.3 Å². The molecule has 0 atom stereocenters. The van der Waals surface area contributed by atoms with Crippen molar-refractivity contribution < 1.29 is 0 Å². The summed E-state index contributed by atoms with van der Waals surface area (Å²) in [5, 5.41) is 5.10. The van der Waals surface area contributed by atoms with Crippen LogP contribution in [0, 0.1) is 0 Å². The number of unbranched alkanes of at least 4 members (excludes halogenated alkanes) is 2. The summed E-state index contributed by atoms with van der Waals surface area (Å²) in [5.74, 6) is 0. The molecule has 1 heterocycles. The molecule has 1 aliphatic carbocycles. The van der Waals surface area contributed by atoms with Crippen molar-refractivity contribution in [3.05, 3.63) is 63.9 Å². The molecular formula is C25H33BrN2S. The van der Waals surface area contributed by atoms with Crippen molar-refractivity contribution in [1.82, 2.24) is 4.57 Å². The molecular weight excluding hydrogens is 440 g/mol. The lowest BCUT2D eigenvalue weighted by Crippen LogP contribution is -2.39. The quantitative estimate of drug-likeness (QED) is 0.307. The van der Waals surface area contributed by atoms with Crippen LogP contribution < -0.4 is 4.80 Å². The average molecular weight is 474 g/mol. The molecule has 0 unspecified atom stereocenters. The molecule has 2 nitrogen and oxygen atoms in total. The second kappa shape index (κ2) is 10.1. The number of hydrogen-bond donors (Lipinski definition) is 0. The van der Waals surface area contributed by atoms with Gasteiger partial charge in [0.2, 0.25) is 0 Å². The third kappa shape index (κ3) is 4.39. The van der Waals surface area contributed by atoms with Crippen LogP contribution in [0.4, 0.5) is 0 Å². The number of rotatable bonds is 8. The monoisotopic (exact) mass is 472 g/mol. The Bertz CT molecular complexity index is 997. The first-order valence-electron chi connectivity index (χ1n) is 11.0. The van der Waals surface area contributed by atoms with Crippen molar-refractivity contribution in [1.29, 1.82) is 0 Å². The fraction of sp³-hybridized carbons (Fsp3) is 0.480. The highest BCUT2D eigenvalue weighted by molar-refractivity contribution is 8.93. The maximum atomic E-state index is 4.97. The number of aromatic nitrogens is 1. The minimum atomic E-state index is 0. The fourth-order valence-corrected chi connectivity index (χ4v) is 5.46.